The number of thiophene rings is 1. The van der Waals surface area contributed by atoms with Crippen molar-refractivity contribution >= 4 is 23.2 Å². The third kappa shape index (κ3) is 3.54. The number of carbonyl (C=O) groups is 2. The second-order valence-electron chi connectivity index (χ2n) is 4.17. The van der Waals surface area contributed by atoms with E-state index in [1.807, 2.05) is 5.38 Å². The molecule has 6 heteroatoms. The molecule has 100 valence electrons. The number of hydrogen-bond donors (Lipinski definition) is 1. The summed E-state index contributed by atoms with van der Waals surface area (Å²) in [5.74, 6) is -0.354. The molecule has 0 saturated heterocycles. The van der Waals surface area contributed by atoms with Crippen molar-refractivity contribution in [1.82, 2.24) is 9.80 Å². The first-order valence-electron chi connectivity index (χ1n) is 5.62. The number of aliphatic hydroxyl groups excluding tert-OH is 1. The summed E-state index contributed by atoms with van der Waals surface area (Å²) in [6, 6.07) is 3.28. The van der Waals surface area contributed by atoms with Gasteiger partial charge in [-0.05, 0) is 18.4 Å². The number of carbonyl (C=O) groups excluding carboxylic acids is 2. The maximum absolute atomic E-state index is 11.9. The smallest absolute Gasteiger partial charge is 0.264 e. The Hall–Kier alpha value is -1.40. The van der Waals surface area contributed by atoms with Crippen LogP contribution in [0.4, 0.5) is 0 Å². The maximum Gasteiger partial charge on any atom is 0.264 e. The van der Waals surface area contributed by atoms with E-state index in [0.29, 0.717) is 4.88 Å². The molecule has 1 unspecified atom stereocenters. The Morgan fingerprint density at radius 1 is 1.44 bits per heavy atom. The van der Waals surface area contributed by atoms with Crippen molar-refractivity contribution in [2.75, 3.05) is 27.2 Å². The summed E-state index contributed by atoms with van der Waals surface area (Å²) in [5, 5.41) is 10.8. The lowest BCUT2D eigenvalue weighted by atomic mass is 10.3. The van der Waals surface area contributed by atoms with Gasteiger partial charge in [0.05, 0.1) is 24.1 Å². The predicted molar refractivity (Wildman–Crippen MR) is 70.6 cm³/mol. The van der Waals surface area contributed by atoms with Crippen LogP contribution in [0.1, 0.15) is 16.6 Å². The largest absolute Gasteiger partial charge is 0.394 e. The summed E-state index contributed by atoms with van der Waals surface area (Å²) >= 11 is 1.35. The molecule has 0 radical (unpaired) electrons. The first kappa shape index (κ1) is 14.7. The average Bonchev–Trinajstić information content (AvgIpc) is 2.89. The summed E-state index contributed by atoms with van der Waals surface area (Å²) in [5.41, 5.74) is 0. The Kier molecular flexibility index (Phi) is 5.30. The molecule has 1 heterocycles. The average molecular weight is 270 g/mol. The lowest BCUT2D eigenvalue weighted by Gasteiger charge is -2.25. The van der Waals surface area contributed by atoms with Crippen LogP contribution in [-0.2, 0) is 4.79 Å². The van der Waals surface area contributed by atoms with E-state index in [0.717, 1.165) is 0 Å². The third-order valence-corrected chi connectivity index (χ3v) is 3.63. The summed E-state index contributed by atoms with van der Waals surface area (Å²) < 4.78 is 0. The molecule has 1 atom stereocenters. The molecule has 0 spiro atoms. The fourth-order valence-corrected chi connectivity index (χ4v) is 2.06. The predicted octanol–water partition coefficient (Wildman–Crippen LogP) is 0.659. The van der Waals surface area contributed by atoms with Crippen LogP contribution in [0.15, 0.2) is 17.5 Å². The van der Waals surface area contributed by atoms with E-state index in [9.17, 15) is 9.59 Å². The van der Waals surface area contributed by atoms with Crippen LogP contribution < -0.4 is 0 Å². The zero-order valence-corrected chi connectivity index (χ0v) is 11.6. The van der Waals surface area contributed by atoms with Gasteiger partial charge in [-0.2, -0.15) is 0 Å². The Labute approximate surface area is 111 Å². The minimum absolute atomic E-state index is 0.0115. The SMILES string of the molecule is CC(CO)N(C)C(=O)CN(C)C(=O)c1cccs1. The first-order valence-corrected chi connectivity index (χ1v) is 6.50. The summed E-state index contributed by atoms with van der Waals surface area (Å²) in [7, 11) is 3.21. The van der Waals surface area contributed by atoms with E-state index >= 15 is 0 Å². The molecule has 1 aromatic rings. The first-order chi connectivity index (χ1) is 8.47. The standard InChI is InChI=1S/C12H18N2O3S/c1-9(8-15)14(3)11(16)7-13(2)12(17)10-5-4-6-18-10/h4-6,9,15H,7-8H2,1-3H3. The lowest BCUT2D eigenvalue weighted by Crippen LogP contribution is -2.44. The van der Waals surface area contributed by atoms with Gasteiger partial charge in [0.1, 0.15) is 0 Å². The van der Waals surface area contributed by atoms with Crippen molar-refractivity contribution in [2.45, 2.75) is 13.0 Å². The van der Waals surface area contributed by atoms with Crippen LogP contribution in [0.3, 0.4) is 0 Å². The van der Waals surface area contributed by atoms with E-state index in [1.165, 1.54) is 21.1 Å². The van der Waals surface area contributed by atoms with Crippen LogP contribution in [0.2, 0.25) is 0 Å². The Morgan fingerprint density at radius 3 is 2.61 bits per heavy atom. The van der Waals surface area contributed by atoms with Crippen LogP contribution >= 0.6 is 11.3 Å². The quantitative estimate of drug-likeness (QED) is 0.855. The minimum atomic E-state index is -0.247. The zero-order chi connectivity index (χ0) is 13.7. The molecule has 1 N–H and O–H groups in total. The highest BCUT2D eigenvalue weighted by Crippen LogP contribution is 2.11. The van der Waals surface area contributed by atoms with Crippen molar-refractivity contribution in [3.63, 3.8) is 0 Å². The molecule has 0 fully saturated rings. The molecule has 1 rings (SSSR count). The molecule has 2 amide bonds. The molecule has 0 aromatic carbocycles. The Bertz CT molecular complexity index is 405. The highest BCUT2D eigenvalue weighted by atomic mass is 32.1. The molecule has 0 aliphatic heterocycles. The monoisotopic (exact) mass is 270 g/mol. The number of rotatable bonds is 5. The molecular formula is C12H18N2O3S. The van der Waals surface area contributed by atoms with Crippen LogP contribution in [0.5, 0.6) is 0 Å². The van der Waals surface area contributed by atoms with Gasteiger partial charge in [0, 0.05) is 14.1 Å². The van der Waals surface area contributed by atoms with Gasteiger partial charge in [-0.25, -0.2) is 0 Å². The van der Waals surface area contributed by atoms with E-state index in [1.54, 1.807) is 33.2 Å². The number of likely N-dealkylation sites (N-methyl/N-ethyl adjacent to an activating group) is 2. The van der Waals surface area contributed by atoms with Crippen molar-refractivity contribution in [2.24, 2.45) is 0 Å². The van der Waals surface area contributed by atoms with Gasteiger partial charge in [-0.15, -0.1) is 11.3 Å². The topological polar surface area (TPSA) is 60.9 Å². The lowest BCUT2D eigenvalue weighted by molar-refractivity contribution is -0.132. The van der Waals surface area contributed by atoms with E-state index in [2.05, 4.69) is 0 Å². The number of hydrogen-bond acceptors (Lipinski definition) is 4. The molecule has 18 heavy (non-hydrogen) atoms. The number of nitrogens with zero attached hydrogens (tertiary/aromatic N) is 2. The summed E-state index contributed by atoms with van der Waals surface area (Å²) in [6.45, 7) is 1.67. The normalized spacial score (nSPS) is 12.0. The number of amides is 2. The van der Waals surface area contributed by atoms with E-state index in [-0.39, 0.29) is 31.0 Å². The van der Waals surface area contributed by atoms with Crippen LogP contribution in [0, 0.1) is 0 Å². The van der Waals surface area contributed by atoms with Gasteiger partial charge >= 0.3 is 0 Å². The minimum Gasteiger partial charge on any atom is -0.394 e. The van der Waals surface area contributed by atoms with Gasteiger partial charge in [-0.1, -0.05) is 6.07 Å². The van der Waals surface area contributed by atoms with Crippen LogP contribution in [0.25, 0.3) is 0 Å². The van der Waals surface area contributed by atoms with Gasteiger partial charge < -0.3 is 14.9 Å². The molecule has 0 saturated carbocycles. The van der Waals surface area contributed by atoms with Crippen molar-refractivity contribution in [1.29, 1.82) is 0 Å². The molecule has 5 nitrogen and oxygen atoms in total. The maximum atomic E-state index is 11.9. The second-order valence-corrected chi connectivity index (χ2v) is 5.12. The van der Waals surface area contributed by atoms with Gasteiger partial charge in [0.15, 0.2) is 0 Å². The molecule has 0 aliphatic carbocycles. The van der Waals surface area contributed by atoms with E-state index < -0.39 is 0 Å². The van der Waals surface area contributed by atoms with E-state index in [4.69, 9.17) is 5.11 Å². The van der Waals surface area contributed by atoms with Gasteiger partial charge in [0.2, 0.25) is 5.91 Å². The third-order valence-electron chi connectivity index (χ3n) is 2.77. The summed E-state index contributed by atoms with van der Waals surface area (Å²) in [4.78, 5) is 27.2. The fraction of sp³-hybridized carbons (Fsp3) is 0.500. The molecule has 1 aromatic heterocycles. The van der Waals surface area contributed by atoms with Crippen molar-refractivity contribution in [3.8, 4) is 0 Å². The zero-order valence-electron chi connectivity index (χ0n) is 10.8. The number of aliphatic hydroxyl groups is 1. The van der Waals surface area contributed by atoms with Crippen LogP contribution in [-0.4, -0.2) is 60.0 Å². The Morgan fingerprint density at radius 2 is 2.11 bits per heavy atom. The molecule has 0 bridgehead atoms. The van der Waals surface area contributed by atoms with Crippen molar-refractivity contribution < 1.29 is 14.7 Å². The highest BCUT2D eigenvalue weighted by molar-refractivity contribution is 7.12. The van der Waals surface area contributed by atoms with Gasteiger partial charge in [-0.3, -0.25) is 9.59 Å². The van der Waals surface area contributed by atoms with Gasteiger partial charge in [0.25, 0.3) is 5.91 Å². The Balaban J connectivity index is 2.57. The molecular weight excluding hydrogens is 252 g/mol. The second kappa shape index (κ2) is 6.51. The fourth-order valence-electron chi connectivity index (χ4n) is 1.34. The summed E-state index contributed by atoms with van der Waals surface area (Å²) in [6.07, 6.45) is 0. The molecule has 0 aliphatic rings. The van der Waals surface area contributed by atoms with Crippen molar-refractivity contribution in [3.05, 3.63) is 22.4 Å². The highest BCUT2D eigenvalue weighted by Gasteiger charge is 2.20.